The Hall–Kier alpha value is -0.586. The Morgan fingerprint density at radius 1 is 0.909 bits per heavy atom. The molecule has 0 saturated carbocycles. The third kappa shape index (κ3) is 7.12. The molecule has 0 aliphatic rings. The van der Waals surface area contributed by atoms with Gasteiger partial charge in [0.05, 0.1) is 7.11 Å². The number of unbranched alkanes of at least 4 members (excludes halogenated alkanes) is 1. The van der Waals surface area contributed by atoms with Crippen LogP contribution in [0.1, 0.15) is 31.7 Å². The molecule has 0 fully saturated rings. The number of benzene rings is 1. The predicted octanol–water partition coefficient (Wildman–Crippen LogP) is 5.85. The van der Waals surface area contributed by atoms with Gasteiger partial charge in [-0.2, -0.15) is 0 Å². The van der Waals surface area contributed by atoms with E-state index >= 15 is 0 Å². The summed E-state index contributed by atoms with van der Waals surface area (Å²) in [5.74, 6) is 1.01. The van der Waals surface area contributed by atoms with Gasteiger partial charge in [-0.25, -0.2) is 0 Å². The average Bonchev–Trinajstić information content (AvgIpc) is 2.44. The van der Waals surface area contributed by atoms with Crippen LogP contribution in [-0.2, 0) is 10.5 Å². The third-order valence-electron chi connectivity index (χ3n) is 4.10. The lowest BCUT2D eigenvalue weighted by atomic mass is 10.1. The summed E-state index contributed by atoms with van der Waals surface area (Å²) in [6.07, 6.45) is 4.86. The summed E-state index contributed by atoms with van der Waals surface area (Å²) in [6, 6.07) is 10.9. The molecule has 0 aliphatic carbocycles. The van der Waals surface area contributed by atoms with Crippen LogP contribution in [0.3, 0.4) is 0 Å². The molecule has 0 amide bonds. The number of hydrogen-bond donors (Lipinski definition) is 0. The van der Waals surface area contributed by atoms with E-state index in [0.717, 1.165) is 12.2 Å². The number of para-hydroxylation sites is 1. The maximum Gasteiger partial charge on any atom is 0.173 e. The average molecular weight is 339 g/mol. The fourth-order valence-corrected chi connectivity index (χ4v) is 12.1. The molecule has 0 atom stereocenters. The molecule has 0 N–H and O–H groups in total. The topological polar surface area (TPSA) is 18.5 Å². The second-order valence-corrected chi connectivity index (χ2v) is 16.2. The van der Waals surface area contributed by atoms with Crippen LogP contribution < -0.4 is 4.74 Å². The van der Waals surface area contributed by atoms with E-state index in [4.69, 9.17) is 8.85 Å². The minimum atomic E-state index is -1.55. The summed E-state index contributed by atoms with van der Waals surface area (Å²) in [7, 11) is -1.27. The van der Waals surface area contributed by atoms with Gasteiger partial charge in [0.25, 0.3) is 0 Å². The molecule has 1 aromatic rings. The first-order chi connectivity index (χ1) is 10.3. The van der Waals surface area contributed by atoms with E-state index in [9.17, 15) is 0 Å². The van der Waals surface area contributed by atoms with Gasteiger partial charge < -0.3 is 8.85 Å². The molecule has 22 heavy (non-hydrogen) atoms. The van der Waals surface area contributed by atoms with Crippen molar-refractivity contribution in [2.45, 2.75) is 70.9 Å². The molecule has 4 heteroatoms. The highest BCUT2D eigenvalue weighted by atomic mass is 28.4. The van der Waals surface area contributed by atoms with E-state index in [2.05, 4.69) is 51.3 Å². The number of methoxy groups -OCH3 is 1. The highest BCUT2D eigenvalue weighted by molar-refractivity contribution is 6.84. The van der Waals surface area contributed by atoms with Gasteiger partial charge in [-0.1, -0.05) is 38.0 Å². The molecule has 0 heterocycles. The summed E-state index contributed by atoms with van der Waals surface area (Å²) in [5, 5.41) is 0. The lowest BCUT2D eigenvalue weighted by molar-refractivity contribution is 0.409. The highest BCUT2D eigenvalue weighted by Crippen LogP contribution is 2.26. The minimum Gasteiger partial charge on any atom is -0.496 e. The van der Waals surface area contributed by atoms with Crippen molar-refractivity contribution in [1.82, 2.24) is 0 Å². The standard InChI is InChI=1S/C18H34O2Si2/c1-7-8-15-21(3,4)20-22(5,6)16-11-13-17-12-9-10-14-18(17)19-2/h9-10,12,14H,7-8,11,13,15-16H2,1-6H3. The molecule has 1 aromatic carbocycles. The van der Waals surface area contributed by atoms with Gasteiger partial charge >= 0.3 is 0 Å². The lowest BCUT2D eigenvalue weighted by Gasteiger charge is -2.34. The van der Waals surface area contributed by atoms with Crippen molar-refractivity contribution in [3.8, 4) is 5.75 Å². The van der Waals surface area contributed by atoms with Gasteiger partial charge in [0.1, 0.15) is 5.75 Å². The van der Waals surface area contributed by atoms with Crippen LogP contribution in [0.4, 0.5) is 0 Å². The van der Waals surface area contributed by atoms with Crippen molar-refractivity contribution in [2.24, 2.45) is 0 Å². The first kappa shape index (κ1) is 19.5. The first-order valence-electron chi connectivity index (χ1n) is 8.62. The zero-order valence-corrected chi connectivity index (χ0v) is 17.4. The molecule has 0 unspecified atom stereocenters. The van der Waals surface area contributed by atoms with Crippen molar-refractivity contribution in [1.29, 1.82) is 0 Å². The molecule has 1 rings (SSSR count). The van der Waals surface area contributed by atoms with Gasteiger partial charge in [-0.15, -0.1) is 0 Å². The highest BCUT2D eigenvalue weighted by Gasteiger charge is 2.32. The normalized spacial score (nSPS) is 12.5. The number of rotatable bonds is 10. The number of hydrogen-bond acceptors (Lipinski definition) is 2. The van der Waals surface area contributed by atoms with Crippen molar-refractivity contribution in [3.63, 3.8) is 0 Å². The molecular weight excluding hydrogens is 304 g/mol. The van der Waals surface area contributed by atoms with E-state index in [0.29, 0.717) is 0 Å². The molecule has 2 nitrogen and oxygen atoms in total. The maximum absolute atomic E-state index is 6.67. The quantitative estimate of drug-likeness (QED) is 0.498. The van der Waals surface area contributed by atoms with Crippen LogP contribution >= 0.6 is 0 Å². The largest absolute Gasteiger partial charge is 0.496 e. The molecular formula is C18H34O2Si2. The van der Waals surface area contributed by atoms with E-state index < -0.39 is 16.6 Å². The zero-order valence-electron chi connectivity index (χ0n) is 15.4. The van der Waals surface area contributed by atoms with E-state index in [1.165, 1.54) is 36.9 Å². The van der Waals surface area contributed by atoms with Crippen LogP contribution in [0, 0.1) is 0 Å². The van der Waals surface area contributed by atoms with Crippen molar-refractivity contribution >= 4 is 16.6 Å². The molecule has 0 bridgehead atoms. The van der Waals surface area contributed by atoms with E-state index in [1.807, 2.05) is 6.07 Å². The van der Waals surface area contributed by atoms with Crippen LogP contribution in [0.5, 0.6) is 5.75 Å². The monoisotopic (exact) mass is 338 g/mol. The van der Waals surface area contributed by atoms with Gasteiger partial charge in [0.15, 0.2) is 16.6 Å². The summed E-state index contributed by atoms with van der Waals surface area (Å²) in [6.45, 7) is 11.8. The van der Waals surface area contributed by atoms with Crippen LogP contribution in [0.15, 0.2) is 24.3 Å². The number of ether oxygens (including phenoxy) is 1. The third-order valence-corrected chi connectivity index (χ3v) is 11.6. The lowest BCUT2D eigenvalue weighted by Crippen LogP contribution is -2.44. The van der Waals surface area contributed by atoms with Crippen molar-refractivity contribution < 1.29 is 8.85 Å². The summed E-state index contributed by atoms with van der Waals surface area (Å²) in [4.78, 5) is 0. The van der Waals surface area contributed by atoms with Crippen molar-refractivity contribution in [3.05, 3.63) is 29.8 Å². The molecule has 0 aromatic heterocycles. The Bertz CT molecular complexity index is 444. The van der Waals surface area contributed by atoms with Gasteiger partial charge in [0, 0.05) is 0 Å². The van der Waals surface area contributed by atoms with E-state index in [1.54, 1.807) is 7.11 Å². The van der Waals surface area contributed by atoms with Crippen LogP contribution in [-0.4, -0.2) is 23.7 Å². The van der Waals surface area contributed by atoms with Crippen LogP contribution in [0.2, 0.25) is 38.3 Å². The molecule has 0 radical (unpaired) electrons. The SMILES string of the molecule is CCCC[Si](C)(C)O[Si](C)(C)CCCc1ccccc1OC. The Kier molecular flexibility index (Phi) is 7.87. The second-order valence-electron chi connectivity index (χ2n) is 7.39. The van der Waals surface area contributed by atoms with E-state index in [-0.39, 0.29) is 0 Å². The predicted molar refractivity (Wildman–Crippen MR) is 102 cm³/mol. The Morgan fingerprint density at radius 3 is 2.09 bits per heavy atom. The van der Waals surface area contributed by atoms with Gasteiger partial charge in [0.2, 0.25) is 0 Å². The molecule has 0 aliphatic heterocycles. The molecule has 0 spiro atoms. The minimum absolute atomic E-state index is 1.01. The Morgan fingerprint density at radius 2 is 1.50 bits per heavy atom. The summed E-state index contributed by atoms with van der Waals surface area (Å²) in [5.41, 5.74) is 1.32. The van der Waals surface area contributed by atoms with Crippen molar-refractivity contribution in [2.75, 3.05) is 7.11 Å². The Labute approximate surface area is 139 Å². The first-order valence-corrected chi connectivity index (χ1v) is 14.8. The summed E-state index contributed by atoms with van der Waals surface area (Å²) < 4.78 is 12.1. The maximum atomic E-state index is 6.67. The fourth-order valence-electron chi connectivity index (χ4n) is 3.07. The second kappa shape index (κ2) is 8.89. The number of aryl methyl sites for hydroxylation is 1. The fraction of sp³-hybridized carbons (Fsp3) is 0.667. The molecule has 126 valence electrons. The molecule has 0 saturated heterocycles. The zero-order chi connectivity index (χ0) is 16.6. The van der Waals surface area contributed by atoms with Gasteiger partial charge in [-0.05, 0) is 62.7 Å². The smallest absolute Gasteiger partial charge is 0.173 e. The van der Waals surface area contributed by atoms with Gasteiger partial charge in [-0.3, -0.25) is 0 Å². The summed E-state index contributed by atoms with van der Waals surface area (Å²) >= 11 is 0. The van der Waals surface area contributed by atoms with Crippen LogP contribution in [0.25, 0.3) is 0 Å². The Balaban J connectivity index is 2.48.